The molecular weight excluding hydrogens is 311 g/mol. The zero-order valence-corrected chi connectivity index (χ0v) is 14.0. The molecule has 1 fully saturated rings. The van der Waals surface area contributed by atoms with Crippen molar-refractivity contribution >= 4 is 29.2 Å². The van der Waals surface area contributed by atoms with Gasteiger partial charge in [-0.25, -0.2) is 4.98 Å². The smallest absolute Gasteiger partial charge is 0.323 e. The van der Waals surface area contributed by atoms with Crippen LogP contribution in [0.5, 0.6) is 0 Å². The third-order valence-corrected chi connectivity index (χ3v) is 3.85. The van der Waals surface area contributed by atoms with Crippen molar-refractivity contribution in [3.05, 3.63) is 28.0 Å². The molecule has 0 radical (unpaired) electrons. The molecule has 2 heterocycles. The van der Waals surface area contributed by atoms with Gasteiger partial charge in [0.2, 0.25) is 0 Å². The Hall–Kier alpha value is -0.840. The van der Waals surface area contributed by atoms with E-state index in [0.29, 0.717) is 16.9 Å². The molecule has 21 heavy (non-hydrogen) atoms. The van der Waals surface area contributed by atoms with Gasteiger partial charge in [-0.2, -0.15) is 0 Å². The number of aromatic nitrogens is 1. The van der Waals surface area contributed by atoms with Crippen molar-refractivity contribution in [2.24, 2.45) is 0 Å². The lowest BCUT2D eigenvalue weighted by atomic mass is 10.1. The van der Waals surface area contributed by atoms with Crippen LogP contribution in [0.25, 0.3) is 0 Å². The average molecular weight is 331 g/mol. The van der Waals surface area contributed by atoms with Crippen LogP contribution in [0.3, 0.4) is 0 Å². The Balaban J connectivity index is 2.06. The van der Waals surface area contributed by atoms with E-state index >= 15 is 0 Å². The van der Waals surface area contributed by atoms with Crippen LogP contribution in [0.1, 0.15) is 39.2 Å². The van der Waals surface area contributed by atoms with E-state index < -0.39 is 5.60 Å². The molecule has 1 aromatic heterocycles. The van der Waals surface area contributed by atoms with Crippen LogP contribution in [-0.2, 0) is 16.1 Å². The lowest BCUT2D eigenvalue weighted by Gasteiger charge is -2.27. The molecule has 0 bridgehead atoms. The number of carbonyl (C=O) groups is 1. The van der Waals surface area contributed by atoms with Crippen molar-refractivity contribution in [3.63, 3.8) is 0 Å². The molecule has 6 heteroatoms. The second kappa shape index (κ2) is 6.51. The highest BCUT2D eigenvalue weighted by Gasteiger charge is 2.34. The second-order valence-corrected chi connectivity index (χ2v) is 6.99. The fraction of sp³-hybridized carbons (Fsp3) is 0.600. The van der Waals surface area contributed by atoms with Gasteiger partial charge in [0.1, 0.15) is 21.9 Å². The highest BCUT2D eigenvalue weighted by molar-refractivity contribution is 6.32. The van der Waals surface area contributed by atoms with E-state index in [1.54, 1.807) is 6.07 Å². The van der Waals surface area contributed by atoms with Crippen molar-refractivity contribution in [2.45, 2.75) is 51.8 Å². The molecule has 1 aliphatic heterocycles. The molecule has 0 N–H and O–H groups in total. The summed E-state index contributed by atoms with van der Waals surface area (Å²) in [4.78, 5) is 18.4. The summed E-state index contributed by atoms with van der Waals surface area (Å²) in [6, 6.07) is 3.35. The summed E-state index contributed by atoms with van der Waals surface area (Å²) in [7, 11) is 0. The van der Waals surface area contributed by atoms with Gasteiger partial charge in [0.05, 0.1) is 0 Å². The number of hydrogen-bond donors (Lipinski definition) is 0. The number of likely N-dealkylation sites (tertiary alicyclic amines) is 1. The fourth-order valence-corrected chi connectivity index (χ4v) is 2.83. The zero-order chi connectivity index (χ0) is 15.6. The first kappa shape index (κ1) is 16.5. The summed E-state index contributed by atoms with van der Waals surface area (Å²) in [5, 5.41) is 0.756. The highest BCUT2D eigenvalue weighted by Crippen LogP contribution is 2.25. The normalized spacial score (nSPS) is 19.8. The van der Waals surface area contributed by atoms with Crippen molar-refractivity contribution in [2.75, 3.05) is 6.54 Å². The minimum absolute atomic E-state index is 0.168. The maximum Gasteiger partial charge on any atom is 0.323 e. The molecule has 0 unspecified atom stereocenters. The standard InChI is InChI=1S/C15H20Cl2N2O2/c1-15(2,3)21-14(20)11-5-4-8-19(11)9-10-6-7-12(16)18-13(10)17/h6-7,11H,4-5,8-9H2,1-3H3/t11-/m0/s1. The number of carbonyl (C=O) groups excluding carboxylic acids is 1. The number of nitrogens with zero attached hydrogens (tertiary/aromatic N) is 2. The molecule has 2 rings (SSSR count). The van der Waals surface area contributed by atoms with E-state index in [0.717, 1.165) is 24.9 Å². The van der Waals surface area contributed by atoms with Crippen LogP contribution in [0.4, 0.5) is 0 Å². The molecule has 1 atom stereocenters. The minimum Gasteiger partial charge on any atom is -0.459 e. The number of pyridine rings is 1. The molecular formula is C15H20Cl2N2O2. The van der Waals surface area contributed by atoms with Crippen molar-refractivity contribution in [1.29, 1.82) is 0 Å². The van der Waals surface area contributed by atoms with Crippen molar-refractivity contribution < 1.29 is 9.53 Å². The number of esters is 1. The number of ether oxygens (including phenoxy) is 1. The van der Waals surface area contributed by atoms with Gasteiger partial charge >= 0.3 is 5.97 Å². The molecule has 0 saturated carbocycles. The number of hydrogen-bond acceptors (Lipinski definition) is 4. The van der Waals surface area contributed by atoms with Gasteiger partial charge in [0.25, 0.3) is 0 Å². The molecule has 0 spiro atoms. The Morgan fingerprint density at radius 2 is 2.14 bits per heavy atom. The first-order chi connectivity index (χ1) is 9.76. The van der Waals surface area contributed by atoms with Gasteiger partial charge in [0, 0.05) is 12.1 Å². The Kier molecular flexibility index (Phi) is 5.12. The zero-order valence-electron chi connectivity index (χ0n) is 12.5. The molecule has 116 valence electrons. The summed E-state index contributed by atoms with van der Waals surface area (Å²) in [6.07, 6.45) is 1.79. The molecule has 0 aliphatic carbocycles. The van der Waals surface area contributed by atoms with Crippen molar-refractivity contribution in [1.82, 2.24) is 9.88 Å². The van der Waals surface area contributed by atoms with E-state index in [1.807, 2.05) is 26.8 Å². The summed E-state index contributed by atoms with van der Waals surface area (Å²) in [5.41, 5.74) is 0.404. The van der Waals surface area contributed by atoms with Crippen LogP contribution in [-0.4, -0.2) is 34.0 Å². The summed E-state index contributed by atoms with van der Waals surface area (Å²) >= 11 is 11.9. The monoisotopic (exact) mass is 330 g/mol. The Labute approximate surface area is 135 Å². The molecule has 0 amide bonds. The quantitative estimate of drug-likeness (QED) is 0.626. The van der Waals surface area contributed by atoms with E-state index in [2.05, 4.69) is 9.88 Å². The van der Waals surface area contributed by atoms with E-state index in [9.17, 15) is 4.79 Å². The molecule has 1 aliphatic rings. The molecule has 4 nitrogen and oxygen atoms in total. The predicted molar refractivity (Wildman–Crippen MR) is 83.5 cm³/mol. The fourth-order valence-electron chi connectivity index (χ4n) is 2.43. The molecule has 0 aromatic carbocycles. The van der Waals surface area contributed by atoms with E-state index in [4.69, 9.17) is 27.9 Å². The van der Waals surface area contributed by atoms with Gasteiger partial charge in [0.15, 0.2) is 0 Å². The maximum atomic E-state index is 12.3. The summed E-state index contributed by atoms with van der Waals surface area (Å²) < 4.78 is 5.49. The highest BCUT2D eigenvalue weighted by atomic mass is 35.5. The van der Waals surface area contributed by atoms with Crippen molar-refractivity contribution in [3.8, 4) is 0 Å². The van der Waals surface area contributed by atoms with Crippen LogP contribution in [0.15, 0.2) is 12.1 Å². The first-order valence-electron chi connectivity index (χ1n) is 7.04. The minimum atomic E-state index is -0.467. The largest absolute Gasteiger partial charge is 0.459 e. The lowest BCUT2D eigenvalue weighted by molar-refractivity contribution is -0.160. The molecule has 1 aromatic rings. The summed E-state index contributed by atoms with van der Waals surface area (Å²) in [6.45, 7) is 7.06. The Bertz CT molecular complexity index is 529. The maximum absolute atomic E-state index is 12.3. The topological polar surface area (TPSA) is 42.4 Å². The van der Waals surface area contributed by atoms with Gasteiger partial charge in [-0.15, -0.1) is 0 Å². The third-order valence-electron chi connectivity index (χ3n) is 3.31. The first-order valence-corrected chi connectivity index (χ1v) is 7.80. The summed E-state index contributed by atoms with van der Waals surface area (Å²) in [5.74, 6) is -0.168. The van der Waals surface area contributed by atoms with Gasteiger partial charge in [-0.3, -0.25) is 9.69 Å². The van der Waals surface area contributed by atoms with E-state index in [1.165, 1.54) is 0 Å². The molecule has 1 saturated heterocycles. The Morgan fingerprint density at radius 1 is 1.43 bits per heavy atom. The van der Waals surface area contributed by atoms with Gasteiger partial charge in [-0.05, 0) is 46.2 Å². The number of rotatable bonds is 3. The SMILES string of the molecule is CC(C)(C)OC(=O)[C@@H]1CCCN1Cc1ccc(Cl)nc1Cl. The Morgan fingerprint density at radius 3 is 2.76 bits per heavy atom. The third kappa shape index (κ3) is 4.56. The van der Waals surface area contributed by atoms with Gasteiger partial charge < -0.3 is 4.74 Å². The van der Waals surface area contributed by atoms with Gasteiger partial charge in [-0.1, -0.05) is 29.3 Å². The number of halogens is 2. The average Bonchev–Trinajstić information content (AvgIpc) is 2.79. The van der Waals surface area contributed by atoms with E-state index in [-0.39, 0.29) is 12.0 Å². The van der Waals surface area contributed by atoms with Crippen LogP contribution in [0, 0.1) is 0 Å². The predicted octanol–water partition coefficient (Wildman–Crippen LogP) is 3.69. The lowest BCUT2D eigenvalue weighted by Crippen LogP contribution is -2.40. The van der Waals surface area contributed by atoms with Crippen LogP contribution < -0.4 is 0 Å². The van der Waals surface area contributed by atoms with Crippen LogP contribution in [0.2, 0.25) is 10.3 Å². The second-order valence-electron chi connectivity index (χ2n) is 6.25. The van der Waals surface area contributed by atoms with Crippen LogP contribution >= 0.6 is 23.2 Å².